The Morgan fingerprint density at radius 3 is 1.42 bits per heavy atom. The number of rotatable bonds is 4. The predicted molar refractivity (Wildman–Crippen MR) is 280 cm³/mol. The molecule has 15 rings (SSSR count). The molecule has 1 heterocycles. The Morgan fingerprint density at radius 2 is 0.761 bits per heavy atom. The van der Waals surface area contributed by atoms with E-state index in [2.05, 4.69) is 241 Å². The second-order valence-electron chi connectivity index (χ2n) is 18.3. The summed E-state index contributed by atoms with van der Waals surface area (Å²) >= 11 is 0. The van der Waals surface area contributed by atoms with E-state index in [-0.39, 0.29) is 0 Å². The van der Waals surface area contributed by atoms with E-state index in [9.17, 15) is 0 Å². The molecule has 2 heteroatoms. The molecule has 0 bridgehead atoms. The SMILES string of the molecule is c1ccc2c(c1)-c1ccccc1C21c2ccccc2-c2ccc(N(c3ccc(-c4ccc5oc6ccc7ccccc7c6c5c4)cc3)c3ccc4c5ccccc5c5ccccc5c4c3)cc21. The highest BCUT2D eigenvalue weighted by Crippen LogP contribution is 2.63. The van der Waals surface area contributed by atoms with Crippen LogP contribution in [0.25, 0.3) is 98.4 Å². The lowest BCUT2D eigenvalue weighted by molar-refractivity contribution is 0.669. The van der Waals surface area contributed by atoms with Gasteiger partial charge in [0, 0.05) is 27.8 Å². The van der Waals surface area contributed by atoms with Gasteiger partial charge in [-0.2, -0.15) is 0 Å². The Kier molecular flexibility index (Phi) is 7.46. The summed E-state index contributed by atoms with van der Waals surface area (Å²) in [6, 6.07) is 87.7. The molecular weight excluding hydrogens is 811 g/mol. The molecule has 2 nitrogen and oxygen atoms in total. The minimum atomic E-state index is -0.454. The number of hydrogen-bond donors (Lipinski definition) is 0. The van der Waals surface area contributed by atoms with Crippen LogP contribution in [0.5, 0.6) is 0 Å². The minimum Gasteiger partial charge on any atom is -0.456 e. The maximum Gasteiger partial charge on any atom is 0.136 e. The zero-order valence-corrected chi connectivity index (χ0v) is 36.4. The fourth-order valence-electron chi connectivity index (χ4n) is 12.2. The zero-order valence-electron chi connectivity index (χ0n) is 36.4. The number of anilines is 3. The van der Waals surface area contributed by atoms with Gasteiger partial charge in [-0.05, 0) is 153 Å². The van der Waals surface area contributed by atoms with Crippen LogP contribution in [0, 0.1) is 0 Å². The van der Waals surface area contributed by atoms with Crippen LogP contribution in [0.3, 0.4) is 0 Å². The largest absolute Gasteiger partial charge is 0.456 e. The topological polar surface area (TPSA) is 16.4 Å². The summed E-state index contributed by atoms with van der Waals surface area (Å²) in [6.45, 7) is 0. The predicted octanol–water partition coefficient (Wildman–Crippen LogP) is 17.7. The first-order valence-electron chi connectivity index (χ1n) is 23.2. The van der Waals surface area contributed by atoms with Crippen LogP contribution in [0.4, 0.5) is 17.1 Å². The second-order valence-corrected chi connectivity index (χ2v) is 18.3. The van der Waals surface area contributed by atoms with Crippen LogP contribution in [-0.4, -0.2) is 0 Å². The van der Waals surface area contributed by atoms with Gasteiger partial charge >= 0.3 is 0 Å². The zero-order chi connectivity index (χ0) is 43.8. The highest BCUT2D eigenvalue weighted by atomic mass is 16.3. The maximum absolute atomic E-state index is 6.40. The molecule has 0 saturated heterocycles. The molecule has 0 atom stereocenters. The summed E-state index contributed by atoms with van der Waals surface area (Å²) in [5.41, 5.74) is 17.5. The van der Waals surface area contributed by atoms with Gasteiger partial charge in [-0.1, -0.05) is 182 Å². The average Bonchev–Trinajstić information content (AvgIpc) is 4.03. The van der Waals surface area contributed by atoms with Crippen molar-refractivity contribution in [3.63, 3.8) is 0 Å². The molecule has 0 unspecified atom stereocenters. The van der Waals surface area contributed by atoms with Gasteiger partial charge in [-0.3, -0.25) is 0 Å². The molecule has 0 amide bonds. The number of furan rings is 1. The van der Waals surface area contributed by atoms with Crippen LogP contribution >= 0.6 is 0 Å². The van der Waals surface area contributed by atoms with Gasteiger partial charge < -0.3 is 9.32 Å². The van der Waals surface area contributed by atoms with E-state index in [1.165, 1.54) is 93.0 Å². The van der Waals surface area contributed by atoms with Crippen LogP contribution in [0.15, 0.2) is 241 Å². The van der Waals surface area contributed by atoms with E-state index in [4.69, 9.17) is 4.42 Å². The lowest BCUT2D eigenvalue weighted by Gasteiger charge is -2.32. The van der Waals surface area contributed by atoms with Crippen molar-refractivity contribution in [1.29, 1.82) is 0 Å². The van der Waals surface area contributed by atoms with Crippen molar-refractivity contribution < 1.29 is 4.42 Å². The fraction of sp³-hybridized carbons (Fsp3) is 0.0154. The highest BCUT2D eigenvalue weighted by Gasteiger charge is 2.51. The van der Waals surface area contributed by atoms with Crippen molar-refractivity contribution >= 4 is 82.1 Å². The van der Waals surface area contributed by atoms with Crippen molar-refractivity contribution in [2.75, 3.05) is 4.90 Å². The van der Waals surface area contributed by atoms with E-state index in [0.29, 0.717) is 0 Å². The van der Waals surface area contributed by atoms with Gasteiger partial charge in [-0.25, -0.2) is 0 Å². The van der Waals surface area contributed by atoms with Gasteiger partial charge in [0.1, 0.15) is 11.2 Å². The smallest absolute Gasteiger partial charge is 0.136 e. The van der Waals surface area contributed by atoms with E-state index in [1.807, 2.05) is 0 Å². The third-order valence-corrected chi connectivity index (χ3v) is 15.0. The van der Waals surface area contributed by atoms with Crippen LogP contribution in [-0.2, 0) is 5.41 Å². The van der Waals surface area contributed by atoms with Crippen LogP contribution in [0.1, 0.15) is 22.3 Å². The third-order valence-electron chi connectivity index (χ3n) is 15.0. The molecule has 2 aliphatic rings. The minimum absolute atomic E-state index is 0.454. The molecule has 2 aliphatic carbocycles. The first-order chi connectivity index (χ1) is 33.2. The molecule has 1 aromatic heterocycles. The van der Waals surface area contributed by atoms with E-state index >= 15 is 0 Å². The molecule has 0 radical (unpaired) electrons. The van der Waals surface area contributed by atoms with Gasteiger partial charge in [-0.15, -0.1) is 0 Å². The Hall–Kier alpha value is -8.72. The first kappa shape index (κ1) is 36.6. The van der Waals surface area contributed by atoms with Gasteiger partial charge in [0.2, 0.25) is 0 Å². The van der Waals surface area contributed by atoms with Gasteiger partial charge in [0.15, 0.2) is 0 Å². The standard InChI is InChI=1S/C65H39NO/c1-2-14-46-41(13-1)27-36-63-64(46)57-37-42(28-35-62(57)67-63)40-25-29-43(30-26-40)66(44-31-33-51-49-17-4-3-15-47(49)48-16-5-6-18-50(48)56(51)38-44)45-32-34-55-54-21-9-12-24-60(54)65(61(55)39-45)58-22-10-7-19-52(58)53-20-8-11-23-59(53)65/h1-39H. The Morgan fingerprint density at radius 1 is 0.284 bits per heavy atom. The Balaban J connectivity index is 0.952. The molecule has 0 saturated carbocycles. The Bertz CT molecular complexity index is 4130. The number of hydrogen-bond acceptors (Lipinski definition) is 2. The molecule has 0 fully saturated rings. The van der Waals surface area contributed by atoms with Crippen molar-refractivity contribution in [2.24, 2.45) is 0 Å². The highest BCUT2D eigenvalue weighted by molar-refractivity contribution is 6.26. The van der Waals surface area contributed by atoms with E-state index < -0.39 is 5.41 Å². The molecule has 12 aromatic carbocycles. The second kappa shape index (κ2) is 13.7. The summed E-state index contributed by atoms with van der Waals surface area (Å²) in [5, 5.41) is 12.3. The van der Waals surface area contributed by atoms with Gasteiger partial charge in [0.05, 0.1) is 5.41 Å². The summed E-state index contributed by atoms with van der Waals surface area (Å²) in [6.07, 6.45) is 0. The summed E-state index contributed by atoms with van der Waals surface area (Å²) in [7, 11) is 0. The van der Waals surface area contributed by atoms with Crippen molar-refractivity contribution in [2.45, 2.75) is 5.41 Å². The molecule has 1 spiro atoms. The van der Waals surface area contributed by atoms with E-state index in [1.54, 1.807) is 0 Å². The average molecular weight is 850 g/mol. The monoisotopic (exact) mass is 849 g/mol. The van der Waals surface area contributed by atoms with Crippen LogP contribution in [0.2, 0.25) is 0 Å². The van der Waals surface area contributed by atoms with Crippen molar-refractivity contribution in [3.8, 4) is 33.4 Å². The number of fused-ring (bicyclic) bond motifs is 21. The quantitative estimate of drug-likeness (QED) is 0.164. The van der Waals surface area contributed by atoms with Crippen LogP contribution < -0.4 is 4.90 Å². The number of nitrogens with zero attached hydrogens (tertiary/aromatic N) is 1. The molecule has 13 aromatic rings. The first-order valence-corrected chi connectivity index (χ1v) is 23.2. The fourth-order valence-corrected chi connectivity index (χ4v) is 12.2. The number of benzene rings is 12. The van der Waals surface area contributed by atoms with E-state index in [0.717, 1.165) is 44.7 Å². The molecule has 310 valence electrons. The third kappa shape index (κ3) is 4.99. The normalized spacial score (nSPS) is 13.2. The lowest BCUT2D eigenvalue weighted by Crippen LogP contribution is -2.26. The molecule has 0 N–H and O–H groups in total. The van der Waals surface area contributed by atoms with Gasteiger partial charge in [0.25, 0.3) is 0 Å². The lowest BCUT2D eigenvalue weighted by atomic mass is 9.70. The Labute approximate surface area is 387 Å². The molecule has 67 heavy (non-hydrogen) atoms. The van der Waals surface area contributed by atoms with Crippen molar-refractivity contribution in [1.82, 2.24) is 0 Å². The summed E-state index contributed by atoms with van der Waals surface area (Å²) in [4.78, 5) is 2.47. The maximum atomic E-state index is 6.40. The summed E-state index contributed by atoms with van der Waals surface area (Å²) in [5.74, 6) is 0. The molecular formula is C65H39NO. The van der Waals surface area contributed by atoms with Crippen molar-refractivity contribution in [3.05, 3.63) is 259 Å². The molecule has 0 aliphatic heterocycles. The summed E-state index contributed by atoms with van der Waals surface area (Å²) < 4.78 is 6.40.